The van der Waals surface area contributed by atoms with E-state index in [9.17, 15) is 8.78 Å². The maximum Gasteiger partial charge on any atom is 0.250 e. The van der Waals surface area contributed by atoms with Crippen molar-refractivity contribution >= 4 is 0 Å². The second-order valence-corrected chi connectivity index (χ2v) is 4.16. The molecular weight excluding hydrogens is 160 g/mol. The molecule has 2 fully saturated rings. The summed E-state index contributed by atoms with van der Waals surface area (Å²) in [5, 5.41) is 2.94. The summed E-state index contributed by atoms with van der Waals surface area (Å²) in [4.78, 5) is 0. The Hall–Kier alpha value is -0.180. The molecule has 0 spiro atoms. The normalized spacial score (nSPS) is 45.0. The SMILES string of the molecule is C[C@H]1C(NCC(F)F)C[C@H]2C[C@H]21. The molecule has 0 aromatic carbocycles. The van der Waals surface area contributed by atoms with Gasteiger partial charge in [-0.05, 0) is 30.6 Å². The minimum absolute atomic E-state index is 0.131. The highest BCUT2D eigenvalue weighted by Gasteiger charge is 2.50. The van der Waals surface area contributed by atoms with Crippen molar-refractivity contribution in [3.63, 3.8) is 0 Å². The largest absolute Gasteiger partial charge is 0.308 e. The molecule has 2 aliphatic carbocycles. The molecule has 1 unspecified atom stereocenters. The zero-order valence-corrected chi connectivity index (χ0v) is 7.26. The predicted molar refractivity (Wildman–Crippen MR) is 43.2 cm³/mol. The van der Waals surface area contributed by atoms with Gasteiger partial charge in [0.25, 0.3) is 6.43 Å². The highest BCUT2D eigenvalue weighted by Crippen LogP contribution is 2.55. The summed E-state index contributed by atoms with van der Waals surface area (Å²) < 4.78 is 23.7. The zero-order chi connectivity index (χ0) is 8.72. The first-order valence-electron chi connectivity index (χ1n) is 4.70. The van der Waals surface area contributed by atoms with Crippen LogP contribution >= 0.6 is 0 Å². The number of halogens is 2. The average Bonchev–Trinajstić information content (AvgIpc) is 2.70. The minimum Gasteiger partial charge on any atom is -0.308 e. The molecule has 3 heteroatoms. The number of hydrogen-bond donors (Lipinski definition) is 1. The number of fused-ring (bicyclic) bond motifs is 1. The molecule has 0 aliphatic heterocycles. The van der Waals surface area contributed by atoms with Crippen molar-refractivity contribution in [1.82, 2.24) is 5.32 Å². The topological polar surface area (TPSA) is 12.0 Å². The molecule has 0 aromatic rings. The van der Waals surface area contributed by atoms with Crippen molar-refractivity contribution in [2.75, 3.05) is 6.54 Å². The van der Waals surface area contributed by atoms with Crippen LogP contribution in [0.15, 0.2) is 0 Å². The molecule has 0 heterocycles. The maximum atomic E-state index is 11.9. The third-order valence-corrected chi connectivity index (χ3v) is 3.38. The van der Waals surface area contributed by atoms with Crippen LogP contribution in [0.3, 0.4) is 0 Å². The first kappa shape index (κ1) is 8.42. The van der Waals surface area contributed by atoms with E-state index in [-0.39, 0.29) is 6.54 Å². The Morgan fingerprint density at radius 2 is 2.17 bits per heavy atom. The molecule has 4 atom stereocenters. The summed E-state index contributed by atoms with van der Waals surface area (Å²) in [7, 11) is 0. The number of nitrogens with one attached hydrogen (secondary N) is 1. The van der Waals surface area contributed by atoms with E-state index >= 15 is 0 Å². The lowest BCUT2D eigenvalue weighted by Crippen LogP contribution is -2.36. The first-order valence-corrected chi connectivity index (χ1v) is 4.70. The summed E-state index contributed by atoms with van der Waals surface area (Å²) in [6.45, 7) is 2.05. The lowest BCUT2D eigenvalue weighted by Gasteiger charge is -2.19. The number of hydrogen-bond acceptors (Lipinski definition) is 1. The fraction of sp³-hybridized carbons (Fsp3) is 1.00. The number of alkyl halides is 2. The fourth-order valence-corrected chi connectivity index (χ4v) is 2.53. The Bertz CT molecular complexity index is 172. The third-order valence-electron chi connectivity index (χ3n) is 3.38. The Morgan fingerprint density at radius 1 is 1.42 bits per heavy atom. The Morgan fingerprint density at radius 3 is 2.67 bits per heavy atom. The molecule has 1 N–H and O–H groups in total. The molecule has 12 heavy (non-hydrogen) atoms. The molecule has 2 saturated carbocycles. The van der Waals surface area contributed by atoms with Crippen LogP contribution in [0.5, 0.6) is 0 Å². The van der Waals surface area contributed by atoms with E-state index in [4.69, 9.17) is 0 Å². The van der Waals surface area contributed by atoms with E-state index in [1.807, 2.05) is 0 Å². The average molecular weight is 175 g/mol. The van der Waals surface area contributed by atoms with Crippen LogP contribution in [0.1, 0.15) is 19.8 Å². The summed E-state index contributed by atoms with van der Waals surface area (Å²) >= 11 is 0. The van der Waals surface area contributed by atoms with Crippen LogP contribution in [0, 0.1) is 17.8 Å². The van der Waals surface area contributed by atoms with E-state index in [1.165, 1.54) is 6.42 Å². The maximum absolute atomic E-state index is 11.9. The fourth-order valence-electron chi connectivity index (χ4n) is 2.53. The van der Waals surface area contributed by atoms with Crippen LogP contribution in [0.25, 0.3) is 0 Å². The standard InChI is InChI=1S/C9H15F2N/c1-5-7-2-6(7)3-8(5)12-4-9(10)11/h5-9,12H,2-4H2,1H3/t5-,6-,7+,8?/m1/s1. The van der Waals surface area contributed by atoms with Gasteiger partial charge in [-0.2, -0.15) is 0 Å². The zero-order valence-electron chi connectivity index (χ0n) is 7.26. The van der Waals surface area contributed by atoms with E-state index in [0.29, 0.717) is 12.0 Å². The summed E-state index contributed by atoms with van der Waals surface area (Å²) in [5.41, 5.74) is 0. The number of rotatable bonds is 3. The highest BCUT2D eigenvalue weighted by atomic mass is 19.3. The van der Waals surface area contributed by atoms with Crippen molar-refractivity contribution in [3.8, 4) is 0 Å². The van der Waals surface area contributed by atoms with E-state index in [2.05, 4.69) is 12.2 Å². The van der Waals surface area contributed by atoms with Crippen LogP contribution in [0.2, 0.25) is 0 Å². The van der Waals surface area contributed by atoms with Gasteiger partial charge in [0.05, 0.1) is 6.54 Å². The molecule has 70 valence electrons. The lowest BCUT2D eigenvalue weighted by molar-refractivity contribution is 0.137. The van der Waals surface area contributed by atoms with Gasteiger partial charge in [0.2, 0.25) is 0 Å². The van der Waals surface area contributed by atoms with Crippen LogP contribution in [0.4, 0.5) is 8.78 Å². The van der Waals surface area contributed by atoms with Gasteiger partial charge >= 0.3 is 0 Å². The van der Waals surface area contributed by atoms with Gasteiger partial charge in [0, 0.05) is 6.04 Å². The van der Waals surface area contributed by atoms with E-state index < -0.39 is 6.43 Å². The lowest BCUT2D eigenvalue weighted by atomic mass is 10.0. The highest BCUT2D eigenvalue weighted by molar-refractivity contribution is 5.03. The van der Waals surface area contributed by atoms with Crippen LogP contribution in [-0.2, 0) is 0 Å². The molecule has 0 saturated heterocycles. The van der Waals surface area contributed by atoms with Crippen LogP contribution < -0.4 is 5.32 Å². The summed E-state index contributed by atoms with van der Waals surface area (Å²) in [5.74, 6) is 2.32. The van der Waals surface area contributed by atoms with Crippen molar-refractivity contribution in [2.45, 2.75) is 32.2 Å². The molecular formula is C9H15F2N. The van der Waals surface area contributed by atoms with Crippen molar-refractivity contribution in [1.29, 1.82) is 0 Å². The molecule has 0 aromatic heterocycles. The second kappa shape index (κ2) is 2.95. The van der Waals surface area contributed by atoms with Crippen LogP contribution in [-0.4, -0.2) is 19.0 Å². The third kappa shape index (κ3) is 1.47. The predicted octanol–water partition coefficient (Wildman–Crippen LogP) is 1.89. The molecule has 2 rings (SSSR count). The molecule has 0 bridgehead atoms. The molecule has 0 amide bonds. The molecule has 1 nitrogen and oxygen atoms in total. The van der Waals surface area contributed by atoms with Crippen molar-refractivity contribution in [3.05, 3.63) is 0 Å². The Balaban J connectivity index is 1.75. The molecule has 0 radical (unpaired) electrons. The quantitative estimate of drug-likeness (QED) is 0.690. The Kier molecular flexibility index (Phi) is 2.07. The monoisotopic (exact) mass is 175 g/mol. The van der Waals surface area contributed by atoms with Gasteiger partial charge in [-0.1, -0.05) is 6.92 Å². The first-order chi connectivity index (χ1) is 5.68. The molecule has 2 aliphatic rings. The summed E-state index contributed by atoms with van der Waals surface area (Å²) in [6, 6.07) is 0.364. The van der Waals surface area contributed by atoms with Gasteiger partial charge in [-0.3, -0.25) is 0 Å². The van der Waals surface area contributed by atoms with Gasteiger partial charge in [-0.15, -0.1) is 0 Å². The van der Waals surface area contributed by atoms with Gasteiger partial charge in [0.15, 0.2) is 0 Å². The van der Waals surface area contributed by atoms with E-state index in [1.54, 1.807) is 0 Å². The van der Waals surface area contributed by atoms with E-state index in [0.717, 1.165) is 18.3 Å². The van der Waals surface area contributed by atoms with Gasteiger partial charge < -0.3 is 5.32 Å². The second-order valence-electron chi connectivity index (χ2n) is 4.16. The smallest absolute Gasteiger partial charge is 0.250 e. The summed E-state index contributed by atoms with van der Waals surface area (Å²) in [6.07, 6.45) is 0.265. The van der Waals surface area contributed by atoms with Gasteiger partial charge in [0.1, 0.15) is 0 Å². The Labute approximate surface area is 71.5 Å². The minimum atomic E-state index is -2.20. The van der Waals surface area contributed by atoms with Crippen molar-refractivity contribution < 1.29 is 8.78 Å². The van der Waals surface area contributed by atoms with Crippen molar-refractivity contribution in [2.24, 2.45) is 17.8 Å². The van der Waals surface area contributed by atoms with Gasteiger partial charge in [-0.25, -0.2) is 8.78 Å².